The standard InChI is InChI=1S/C11H15N3O2S/c1-7(12)11(8-2-3-17-6-8)14-4-9(15)13-10(16)5-14/h2-3,6-7,11H,4-5,12H2,1H3,(H,13,15,16). The molecule has 1 fully saturated rings. The molecule has 17 heavy (non-hydrogen) atoms. The third-order valence-electron chi connectivity index (χ3n) is 2.75. The molecule has 2 rings (SSSR count). The molecule has 2 atom stereocenters. The third-order valence-corrected chi connectivity index (χ3v) is 3.45. The highest BCUT2D eigenvalue weighted by Gasteiger charge is 2.31. The SMILES string of the molecule is CC(N)C(c1ccsc1)N1CC(=O)NC(=O)C1. The summed E-state index contributed by atoms with van der Waals surface area (Å²) < 4.78 is 0. The Balaban J connectivity index is 2.22. The maximum absolute atomic E-state index is 11.4. The average Bonchev–Trinajstić information content (AvgIpc) is 2.68. The number of nitrogens with two attached hydrogens (primary N) is 1. The minimum atomic E-state index is -0.262. The van der Waals surface area contributed by atoms with Crippen molar-refractivity contribution < 1.29 is 9.59 Å². The fourth-order valence-corrected chi connectivity index (χ4v) is 2.84. The number of imide groups is 1. The van der Waals surface area contributed by atoms with Gasteiger partial charge in [0.05, 0.1) is 19.1 Å². The van der Waals surface area contributed by atoms with E-state index >= 15 is 0 Å². The number of hydrogen-bond donors (Lipinski definition) is 2. The molecule has 2 unspecified atom stereocenters. The van der Waals surface area contributed by atoms with E-state index in [0.29, 0.717) is 0 Å². The first-order chi connectivity index (χ1) is 8.08. The van der Waals surface area contributed by atoms with E-state index in [2.05, 4.69) is 5.32 Å². The molecule has 0 spiro atoms. The Kier molecular flexibility index (Phi) is 3.56. The molecule has 0 aliphatic carbocycles. The van der Waals surface area contributed by atoms with Crippen molar-refractivity contribution in [2.24, 2.45) is 5.73 Å². The zero-order chi connectivity index (χ0) is 12.4. The highest BCUT2D eigenvalue weighted by atomic mass is 32.1. The normalized spacial score (nSPS) is 21.1. The van der Waals surface area contributed by atoms with Crippen LogP contribution in [-0.2, 0) is 9.59 Å². The fraction of sp³-hybridized carbons (Fsp3) is 0.455. The van der Waals surface area contributed by atoms with E-state index in [9.17, 15) is 9.59 Å². The first kappa shape index (κ1) is 12.2. The molecule has 1 aliphatic heterocycles. The summed E-state index contributed by atoms with van der Waals surface area (Å²) in [4.78, 5) is 24.6. The Morgan fingerprint density at radius 2 is 2.06 bits per heavy atom. The molecular formula is C11H15N3O2S. The molecule has 1 aromatic heterocycles. The summed E-state index contributed by atoms with van der Waals surface area (Å²) in [6.07, 6.45) is 0. The van der Waals surface area contributed by atoms with Gasteiger partial charge in [0.15, 0.2) is 0 Å². The Hall–Kier alpha value is -1.24. The summed E-state index contributed by atoms with van der Waals surface area (Å²) in [5.74, 6) is -0.524. The van der Waals surface area contributed by atoms with Crippen molar-refractivity contribution in [3.05, 3.63) is 22.4 Å². The maximum Gasteiger partial charge on any atom is 0.240 e. The number of amides is 2. The largest absolute Gasteiger partial charge is 0.326 e. The number of nitrogens with one attached hydrogen (secondary N) is 1. The molecule has 1 saturated heterocycles. The number of hydrogen-bond acceptors (Lipinski definition) is 5. The molecule has 5 nitrogen and oxygen atoms in total. The summed E-state index contributed by atoms with van der Waals surface area (Å²) >= 11 is 1.58. The quantitative estimate of drug-likeness (QED) is 0.749. The van der Waals surface area contributed by atoms with E-state index < -0.39 is 0 Å². The number of nitrogens with zero attached hydrogens (tertiary/aromatic N) is 1. The van der Waals surface area contributed by atoms with Crippen molar-refractivity contribution >= 4 is 23.2 Å². The average molecular weight is 253 g/mol. The predicted octanol–water partition coefficient (Wildman–Crippen LogP) is 0.0948. The van der Waals surface area contributed by atoms with Gasteiger partial charge in [0.2, 0.25) is 11.8 Å². The van der Waals surface area contributed by atoms with E-state index in [1.54, 1.807) is 11.3 Å². The lowest BCUT2D eigenvalue weighted by Crippen LogP contribution is -2.54. The molecule has 2 amide bonds. The van der Waals surface area contributed by atoms with Gasteiger partial charge in [0.25, 0.3) is 0 Å². The number of carbonyl (C=O) groups excluding carboxylic acids is 2. The molecule has 6 heteroatoms. The zero-order valence-electron chi connectivity index (χ0n) is 9.55. The van der Waals surface area contributed by atoms with Gasteiger partial charge in [-0.25, -0.2) is 0 Å². The molecule has 0 bridgehead atoms. The van der Waals surface area contributed by atoms with Crippen molar-refractivity contribution in [3.8, 4) is 0 Å². The summed E-state index contributed by atoms with van der Waals surface area (Å²) in [6, 6.07) is 1.76. The van der Waals surface area contributed by atoms with Crippen LogP contribution in [0.1, 0.15) is 18.5 Å². The zero-order valence-corrected chi connectivity index (χ0v) is 10.4. The summed E-state index contributed by atoms with van der Waals surface area (Å²) in [6.45, 7) is 2.32. The molecule has 0 saturated carbocycles. The van der Waals surface area contributed by atoms with Gasteiger partial charge >= 0.3 is 0 Å². The van der Waals surface area contributed by atoms with Crippen molar-refractivity contribution in [2.45, 2.75) is 19.0 Å². The van der Waals surface area contributed by atoms with Crippen LogP contribution >= 0.6 is 11.3 Å². The molecule has 92 valence electrons. The molecule has 2 heterocycles. The van der Waals surface area contributed by atoms with E-state index in [1.807, 2.05) is 28.7 Å². The highest BCUT2D eigenvalue weighted by Crippen LogP contribution is 2.25. The highest BCUT2D eigenvalue weighted by molar-refractivity contribution is 7.07. The van der Waals surface area contributed by atoms with Crippen molar-refractivity contribution in [2.75, 3.05) is 13.1 Å². The van der Waals surface area contributed by atoms with Gasteiger partial charge < -0.3 is 5.73 Å². The van der Waals surface area contributed by atoms with Crippen LogP contribution in [0.2, 0.25) is 0 Å². The lowest BCUT2D eigenvalue weighted by atomic mass is 10.0. The number of piperazine rings is 1. The van der Waals surface area contributed by atoms with E-state index in [1.165, 1.54) is 0 Å². The summed E-state index contributed by atoms with van der Waals surface area (Å²) in [5, 5.41) is 6.26. The minimum Gasteiger partial charge on any atom is -0.326 e. The van der Waals surface area contributed by atoms with Crippen LogP contribution in [-0.4, -0.2) is 35.8 Å². The summed E-state index contributed by atoms with van der Waals surface area (Å²) in [7, 11) is 0. The second-order valence-electron chi connectivity index (χ2n) is 4.24. The van der Waals surface area contributed by atoms with E-state index in [-0.39, 0.29) is 37.0 Å². The number of thiophene rings is 1. The maximum atomic E-state index is 11.4. The lowest BCUT2D eigenvalue weighted by Gasteiger charge is -2.35. The van der Waals surface area contributed by atoms with Gasteiger partial charge in [-0.2, -0.15) is 11.3 Å². The molecule has 0 radical (unpaired) electrons. The van der Waals surface area contributed by atoms with Gasteiger partial charge in [-0.1, -0.05) is 0 Å². The van der Waals surface area contributed by atoms with Gasteiger partial charge in [-0.15, -0.1) is 0 Å². The third kappa shape index (κ3) is 2.71. The smallest absolute Gasteiger partial charge is 0.240 e. The van der Waals surface area contributed by atoms with Crippen LogP contribution in [0.3, 0.4) is 0 Å². The Morgan fingerprint density at radius 3 is 2.53 bits per heavy atom. The van der Waals surface area contributed by atoms with Gasteiger partial charge in [0.1, 0.15) is 0 Å². The van der Waals surface area contributed by atoms with Crippen LogP contribution in [0.25, 0.3) is 0 Å². The van der Waals surface area contributed by atoms with Crippen LogP contribution in [0.5, 0.6) is 0 Å². The van der Waals surface area contributed by atoms with E-state index in [0.717, 1.165) is 5.56 Å². The fourth-order valence-electron chi connectivity index (χ4n) is 2.15. The number of rotatable bonds is 3. The Morgan fingerprint density at radius 1 is 1.41 bits per heavy atom. The van der Waals surface area contributed by atoms with Crippen molar-refractivity contribution in [1.29, 1.82) is 0 Å². The minimum absolute atomic E-state index is 0.0868. The van der Waals surface area contributed by atoms with E-state index in [4.69, 9.17) is 5.73 Å². The van der Waals surface area contributed by atoms with Crippen molar-refractivity contribution in [1.82, 2.24) is 10.2 Å². The predicted molar refractivity (Wildman–Crippen MR) is 65.4 cm³/mol. The number of carbonyl (C=O) groups is 2. The molecule has 3 N–H and O–H groups in total. The Bertz CT molecular complexity index is 400. The second-order valence-corrected chi connectivity index (χ2v) is 5.02. The van der Waals surface area contributed by atoms with Gasteiger partial charge in [0, 0.05) is 6.04 Å². The van der Waals surface area contributed by atoms with Gasteiger partial charge in [-0.05, 0) is 29.3 Å². The first-order valence-electron chi connectivity index (χ1n) is 5.42. The van der Waals surface area contributed by atoms with Crippen LogP contribution in [0.4, 0.5) is 0 Å². The van der Waals surface area contributed by atoms with Gasteiger partial charge in [-0.3, -0.25) is 19.8 Å². The molecule has 1 aliphatic rings. The van der Waals surface area contributed by atoms with Crippen LogP contribution in [0.15, 0.2) is 16.8 Å². The van der Waals surface area contributed by atoms with Crippen molar-refractivity contribution in [3.63, 3.8) is 0 Å². The summed E-state index contributed by atoms with van der Waals surface area (Å²) in [5.41, 5.74) is 7.03. The topological polar surface area (TPSA) is 75.4 Å². The molecule has 0 aromatic carbocycles. The van der Waals surface area contributed by atoms with Crippen LogP contribution < -0.4 is 11.1 Å². The Labute approximate surface area is 104 Å². The lowest BCUT2D eigenvalue weighted by molar-refractivity contribution is -0.137. The second kappa shape index (κ2) is 4.95. The van der Waals surface area contributed by atoms with Crippen LogP contribution in [0, 0.1) is 0 Å². The first-order valence-corrected chi connectivity index (χ1v) is 6.36. The molecule has 1 aromatic rings. The monoisotopic (exact) mass is 253 g/mol. The molecular weight excluding hydrogens is 238 g/mol.